The predicted molar refractivity (Wildman–Crippen MR) is 83.1 cm³/mol. The summed E-state index contributed by atoms with van der Waals surface area (Å²) in [6.07, 6.45) is 2.74. The summed E-state index contributed by atoms with van der Waals surface area (Å²) in [5.41, 5.74) is 1.72. The van der Waals surface area contributed by atoms with Crippen LogP contribution in [-0.4, -0.2) is 21.1 Å². The number of hydrogen-bond acceptors (Lipinski definition) is 4. The van der Waals surface area contributed by atoms with E-state index >= 15 is 0 Å². The molecule has 0 spiro atoms. The molecule has 106 valence electrons. The number of carbonyl (C=O) groups excluding carboxylic acids is 1. The summed E-state index contributed by atoms with van der Waals surface area (Å²) in [6, 6.07) is 11.6. The van der Waals surface area contributed by atoms with Crippen molar-refractivity contribution in [1.82, 2.24) is 15.2 Å². The Bertz CT molecular complexity index is 690. The van der Waals surface area contributed by atoms with E-state index in [-0.39, 0.29) is 5.91 Å². The average Bonchev–Trinajstić information content (AvgIpc) is 3.19. The molecule has 0 unspecified atom stereocenters. The standard InChI is InChI=1S/C15H14N4OS/c20-14(8-7-13-2-1-9-21-13)18-12-5-3-11(4-6-12)15-16-10-17-19-15/h1-6,9-10H,7-8H2,(H,18,20)(H,16,17,19). The highest BCUT2D eigenvalue weighted by atomic mass is 32.1. The normalized spacial score (nSPS) is 10.5. The van der Waals surface area contributed by atoms with E-state index in [2.05, 4.69) is 20.5 Å². The lowest BCUT2D eigenvalue weighted by molar-refractivity contribution is -0.116. The molecule has 0 saturated heterocycles. The largest absolute Gasteiger partial charge is 0.326 e. The number of aryl methyl sites for hydroxylation is 1. The number of thiophene rings is 1. The molecule has 1 aromatic carbocycles. The van der Waals surface area contributed by atoms with Crippen molar-refractivity contribution in [2.75, 3.05) is 5.32 Å². The Balaban J connectivity index is 1.56. The Morgan fingerprint density at radius 2 is 2.10 bits per heavy atom. The van der Waals surface area contributed by atoms with Gasteiger partial charge in [0.2, 0.25) is 5.91 Å². The zero-order valence-electron chi connectivity index (χ0n) is 11.2. The molecule has 1 amide bonds. The highest BCUT2D eigenvalue weighted by Crippen LogP contribution is 2.17. The lowest BCUT2D eigenvalue weighted by Gasteiger charge is -2.05. The van der Waals surface area contributed by atoms with E-state index in [4.69, 9.17) is 0 Å². The van der Waals surface area contributed by atoms with Crippen LogP contribution < -0.4 is 5.32 Å². The second-order valence-corrected chi connectivity index (χ2v) is 5.57. The fourth-order valence-corrected chi connectivity index (χ4v) is 2.68. The fraction of sp³-hybridized carbons (Fsp3) is 0.133. The van der Waals surface area contributed by atoms with E-state index in [0.29, 0.717) is 12.2 Å². The molecule has 2 aromatic heterocycles. The Kier molecular flexibility index (Phi) is 4.07. The number of aromatic nitrogens is 3. The van der Waals surface area contributed by atoms with Crippen molar-refractivity contribution in [3.63, 3.8) is 0 Å². The molecule has 3 rings (SSSR count). The summed E-state index contributed by atoms with van der Waals surface area (Å²) in [6.45, 7) is 0. The number of nitrogens with zero attached hydrogens (tertiary/aromatic N) is 2. The number of nitrogens with one attached hydrogen (secondary N) is 2. The third-order valence-corrected chi connectivity index (χ3v) is 3.97. The maximum absolute atomic E-state index is 11.9. The highest BCUT2D eigenvalue weighted by Gasteiger charge is 2.05. The van der Waals surface area contributed by atoms with Crippen molar-refractivity contribution in [3.8, 4) is 11.4 Å². The summed E-state index contributed by atoms with van der Waals surface area (Å²) >= 11 is 1.68. The van der Waals surface area contributed by atoms with E-state index in [1.54, 1.807) is 11.3 Å². The molecule has 0 aliphatic carbocycles. The van der Waals surface area contributed by atoms with Crippen LogP contribution in [0, 0.1) is 0 Å². The SMILES string of the molecule is O=C(CCc1cccs1)Nc1ccc(-c2ncn[nH]2)cc1. The number of H-pyrrole nitrogens is 1. The molecule has 0 fully saturated rings. The van der Waals surface area contributed by atoms with Gasteiger partial charge < -0.3 is 5.32 Å². The number of rotatable bonds is 5. The van der Waals surface area contributed by atoms with Gasteiger partial charge in [-0.2, -0.15) is 5.10 Å². The first-order chi connectivity index (χ1) is 10.3. The van der Waals surface area contributed by atoms with E-state index in [1.807, 2.05) is 41.8 Å². The van der Waals surface area contributed by atoms with Crippen LogP contribution in [0.3, 0.4) is 0 Å². The Labute approximate surface area is 126 Å². The summed E-state index contributed by atoms with van der Waals surface area (Å²) < 4.78 is 0. The van der Waals surface area contributed by atoms with Crippen LogP contribution in [0.4, 0.5) is 5.69 Å². The van der Waals surface area contributed by atoms with Gasteiger partial charge in [-0.3, -0.25) is 9.89 Å². The number of carbonyl (C=O) groups is 1. The van der Waals surface area contributed by atoms with Gasteiger partial charge in [-0.15, -0.1) is 11.3 Å². The van der Waals surface area contributed by atoms with Gasteiger partial charge in [-0.25, -0.2) is 4.98 Å². The van der Waals surface area contributed by atoms with Crippen LogP contribution >= 0.6 is 11.3 Å². The molecular weight excluding hydrogens is 284 g/mol. The van der Waals surface area contributed by atoms with Crippen molar-refractivity contribution >= 4 is 22.9 Å². The molecule has 2 heterocycles. The quantitative estimate of drug-likeness (QED) is 0.760. The van der Waals surface area contributed by atoms with Gasteiger partial charge in [0, 0.05) is 22.5 Å². The van der Waals surface area contributed by atoms with Gasteiger partial charge in [-0.1, -0.05) is 6.07 Å². The number of benzene rings is 1. The van der Waals surface area contributed by atoms with Crippen LogP contribution in [0.25, 0.3) is 11.4 Å². The third-order valence-electron chi connectivity index (χ3n) is 3.04. The zero-order chi connectivity index (χ0) is 14.5. The smallest absolute Gasteiger partial charge is 0.224 e. The fourth-order valence-electron chi connectivity index (χ4n) is 1.97. The van der Waals surface area contributed by atoms with Crippen molar-refractivity contribution < 1.29 is 4.79 Å². The highest BCUT2D eigenvalue weighted by molar-refractivity contribution is 7.09. The molecule has 2 N–H and O–H groups in total. The van der Waals surface area contributed by atoms with Crippen molar-refractivity contribution in [2.45, 2.75) is 12.8 Å². The van der Waals surface area contributed by atoms with E-state index in [9.17, 15) is 4.79 Å². The third kappa shape index (κ3) is 3.55. The first kappa shape index (κ1) is 13.5. The van der Waals surface area contributed by atoms with Crippen LogP contribution in [0.1, 0.15) is 11.3 Å². The van der Waals surface area contributed by atoms with Crippen molar-refractivity contribution in [3.05, 3.63) is 53.0 Å². The van der Waals surface area contributed by atoms with Crippen molar-refractivity contribution in [2.24, 2.45) is 0 Å². The second-order valence-electron chi connectivity index (χ2n) is 4.54. The summed E-state index contributed by atoms with van der Waals surface area (Å²) in [5.74, 6) is 0.737. The van der Waals surface area contributed by atoms with Gasteiger partial charge in [0.25, 0.3) is 0 Å². The molecule has 0 saturated carbocycles. The van der Waals surface area contributed by atoms with Crippen LogP contribution in [0.5, 0.6) is 0 Å². The number of hydrogen-bond donors (Lipinski definition) is 2. The van der Waals surface area contributed by atoms with E-state index < -0.39 is 0 Å². The Morgan fingerprint density at radius 1 is 1.24 bits per heavy atom. The summed E-state index contributed by atoms with van der Waals surface area (Å²) in [4.78, 5) is 17.2. The van der Waals surface area contributed by atoms with E-state index in [1.165, 1.54) is 11.2 Å². The summed E-state index contributed by atoms with van der Waals surface area (Å²) in [7, 11) is 0. The van der Waals surface area contributed by atoms with Gasteiger partial charge in [0.15, 0.2) is 5.82 Å². The molecule has 0 aliphatic heterocycles. The van der Waals surface area contributed by atoms with Gasteiger partial charge in [-0.05, 0) is 42.1 Å². The maximum atomic E-state index is 11.9. The average molecular weight is 298 g/mol. The molecule has 0 bridgehead atoms. The molecule has 0 aliphatic rings. The lowest BCUT2D eigenvalue weighted by Crippen LogP contribution is -2.11. The van der Waals surface area contributed by atoms with Gasteiger partial charge in [0.05, 0.1) is 0 Å². The Morgan fingerprint density at radius 3 is 2.76 bits per heavy atom. The minimum Gasteiger partial charge on any atom is -0.326 e. The maximum Gasteiger partial charge on any atom is 0.224 e. The predicted octanol–water partition coefficient (Wildman–Crippen LogP) is 3.10. The molecule has 21 heavy (non-hydrogen) atoms. The van der Waals surface area contributed by atoms with Crippen LogP contribution in [-0.2, 0) is 11.2 Å². The van der Waals surface area contributed by atoms with Gasteiger partial charge >= 0.3 is 0 Å². The molecule has 0 radical (unpaired) electrons. The molecule has 5 nitrogen and oxygen atoms in total. The number of aromatic amines is 1. The monoisotopic (exact) mass is 298 g/mol. The molecular formula is C15H14N4OS. The van der Waals surface area contributed by atoms with Gasteiger partial charge in [0.1, 0.15) is 6.33 Å². The topological polar surface area (TPSA) is 70.7 Å². The van der Waals surface area contributed by atoms with E-state index in [0.717, 1.165) is 17.7 Å². The number of anilines is 1. The van der Waals surface area contributed by atoms with Crippen LogP contribution in [0.15, 0.2) is 48.1 Å². The van der Waals surface area contributed by atoms with Crippen molar-refractivity contribution in [1.29, 1.82) is 0 Å². The first-order valence-corrected chi connectivity index (χ1v) is 7.47. The molecule has 3 aromatic rings. The first-order valence-electron chi connectivity index (χ1n) is 6.59. The second kappa shape index (κ2) is 6.32. The minimum atomic E-state index is 0.0239. The number of amides is 1. The molecule has 6 heteroatoms. The lowest BCUT2D eigenvalue weighted by atomic mass is 10.2. The minimum absolute atomic E-state index is 0.0239. The summed E-state index contributed by atoms with van der Waals surface area (Å²) in [5, 5.41) is 11.5. The molecule has 0 atom stereocenters. The zero-order valence-corrected chi connectivity index (χ0v) is 12.1. The Hall–Kier alpha value is -2.47. The van der Waals surface area contributed by atoms with Crippen LogP contribution in [0.2, 0.25) is 0 Å².